The summed E-state index contributed by atoms with van der Waals surface area (Å²) in [5, 5.41) is 6.94. The molecule has 0 saturated carbocycles. The lowest BCUT2D eigenvalue weighted by Gasteiger charge is -2.22. The molecule has 0 radical (unpaired) electrons. The zero-order valence-corrected chi connectivity index (χ0v) is 21.2. The van der Waals surface area contributed by atoms with Crippen LogP contribution >= 0.6 is 22.9 Å². The summed E-state index contributed by atoms with van der Waals surface area (Å²) in [7, 11) is 0. The van der Waals surface area contributed by atoms with Crippen LogP contribution in [0.4, 0.5) is 5.13 Å². The van der Waals surface area contributed by atoms with E-state index >= 15 is 0 Å². The van der Waals surface area contributed by atoms with Crippen molar-refractivity contribution in [2.75, 3.05) is 5.32 Å². The molecule has 0 aliphatic carbocycles. The summed E-state index contributed by atoms with van der Waals surface area (Å²) in [6.07, 6.45) is 2.47. The van der Waals surface area contributed by atoms with Crippen LogP contribution in [-0.2, 0) is 16.6 Å². The van der Waals surface area contributed by atoms with Crippen LogP contribution in [0.2, 0.25) is 5.02 Å². The Labute approximate surface area is 204 Å². The molecule has 0 aliphatic heterocycles. The summed E-state index contributed by atoms with van der Waals surface area (Å²) in [6.45, 7) is 10.2. The van der Waals surface area contributed by atoms with Crippen molar-refractivity contribution >= 4 is 39.9 Å². The van der Waals surface area contributed by atoms with Crippen molar-refractivity contribution in [3.63, 3.8) is 0 Å². The molecule has 0 saturated heterocycles. The standard InChI is InChI=1S/C26H30ClN3O2S/c1-16(2)22(29-23(31)18-8-10-19(11-9-18)26(3,4)5)24(32)30-25-28-15-21(33-25)14-17-6-12-20(27)13-7-17/h6-13,15-16,22H,14H2,1-5H3,(H,29,31)(H,28,30,32)/t22-/m0/s1. The van der Waals surface area contributed by atoms with Crippen molar-refractivity contribution in [3.05, 3.63) is 81.3 Å². The molecule has 7 heteroatoms. The van der Waals surface area contributed by atoms with Gasteiger partial charge in [-0.1, -0.05) is 70.5 Å². The second-order valence-electron chi connectivity index (χ2n) is 9.45. The number of hydrogen-bond acceptors (Lipinski definition) is 4. The minimum Gasteiger partial charge on any atom is -0.340 e. The first-order chi connectivity index (χ1) is 15.5. The average molecular weight is 484 g/mol. The quantitative estimate of drug-likeness (QED) is 0.428. The van der Waals surface area contributed by atoms with Gasteiger partial charge < -0.3 is 10.6 Å². The normalized spacial score (nSPS) is 12.5. The van der Waals surface area contributed by atoms with E-state index in [1.165, 1.54) is 11.3 Å². The van der Waals surface area contributed by atoms with Crippen LogP contribution in [-0.4, -0.2) is 22.8 Å². The second-order valence-corrected chi connectivity index (χ2v) is 11.0. The molecule has 1 aromatic heterocycles. The van der Waals surface area contributed by atoms with Crippen molar-refractivity contribution in [2.45, 2.75) is 52.5 Å². The molecule has 1 heterocycles. The van der Waals surface area contributed by atoms with Gasteiger partial charge in [0.25, 0.3) is 5.91 Å². The molecule has 0 fully saturated rings. The van der Waals surface area contributed by atoms with Gasteiger partial charge in [0, 0.05) is 28.1 Å². The summed E-state index contributed by atoms with van der Waals surface area (Å²) in [5.41, 5.74) is 2.80. The van der Waals surface area contributed by atoms with Crippen LogP contribution in [0.25, 0.3) is 0 Å². The summed E-state index contributed by atoms with van der Waals surface area (Å²) in [6, 6.07) is 14.5. The zero-order valence-electron chi connectivity index (χ0n) is 19.6. The predicted octanol–water partition coefficient (Wildman–Crippen LogP) is 6.08. The number of rotatable bonds is 7. The molecule has 2 amide bonds. The van der Waals surface area contributed by atoms with Gasteiger partial charge in [-0.15, -0.1) is 11.3 Å². The Morgan fingerprint density at radius 1 is 1.03 bits per heavy atom. The third-order valence-electron chi connectivity index (χ3n) is 5.32. The van der Waals surface area contributed by atoms with E-state index in [-0.39, 0.29) is 23.1 Å². The van der Waals surface area contributed by atoms with E-state index in [0.29, 0.717) is 22.1 Å². The van der Waals surface area contributed by atoms with Crippen LogP contribution in [0.1, 0.15) is 61.0 Å². The fraction of sp³-hybridized carbons (Fsp3) is 0.346. The van der Waals surface area contributed by atoms with Crippen molar-refractivity contribution < 1.29 is 9.59 Å². The maximum absolute atomic E-state index is 12.9. The Morgan fingerprint density at radius 3 is 2.24 bits per heavy atom. The molecule has 2 aromatic carbocycles. The molecule has 3 aromatic rings. The third-order valence-corrected chi connectivity index (χ3v) is 6.49. The topological polar surface area (TPSA) is 71.1 Å². The lowest BCUT2D eigenvalue weighted by molar-refractivity contribution is -0.118. The number of carbonyl (C=O) groups is 2. The maximum Gasteiger partial charge on any atom is 0.251 e. The van der Waals surface area contributed by atoms with Gasteiger partial charge >= 0.3 is 0 Å². The first-order valence-electron chi connectivity index (χ1n) is 10.9. The van der Waals surface area contributed by atoms with E-state index in [0.717, 1.165) is 16.0 Å². The van der Waals surface area contributed by atoms with E-state index in [1.807, 2.05) is 50.2 Å². The molecule has 2 N–H and O–H groups in total. The zero-order chi connectivity index (χ0) is 24.2. The number of benzene rings is 2. The van der Waals surface area contributed by atoms with Gasteiger partial charge in [-0.2, -0.15) is 0 Å². The van der Waals surface area contributed by atoms with E-state index < -0.39 is 6.04 Å². The highest BCUT2D eigenvalue weighted by Gasteiger charge is 2.26. The minimum absolute atomic E-state index is 0.00940. The lowest BCUT2D eigenvalue weighted by atomic mass is 9.86. The molecule has 174 valence electrons. The van der Waals surface area contributed by atoms with Crippen molar-refractivity contribution in [1.82, 2.24) is 10.3 Å². The largest absolute Gasteiger partial charge is 0.340 e. The molecule has 0 bridgehead atoms. The number of amides is 2. The number of halogens is 1. The van der Waals surface area contributed by atoms with Crippen LogP contribution in [0.15, 0.2) is 54.7 Å². The fourth-order valence-corrected chi connectivity index (χ4v) is 4.29. The van der Waals surface area contributed by atoms with Crippen molar-refractivity contribution in [2.24, 2.45) is 5.92 Å². The van der Waals surface area contributed by atoms with E-state index in [2.05, 4.69) is 36.4 Å². The van der Waals surface area contributed by atoms with E-state index in [4.69, 9.17) is 11.6 Å². The Bertz CT molecular complexity index is 1100. The molecule has 0 unspecified atom stereocenters. The van der Waals surface area contributed by atoms with Gasteiger partial charge in [-0.05, 0) is 46.7 Å². The summed E-state index contributed by atoms with van der Waals surface area (Å²) >= 11 is 7.36. The Morgan fingerprint density at radius 2 is 1.67 bits per heavy atom. The molecule has 0 aliphatic rings. The highest BCUT2D eigenvalue weighted by Crippen LogP contribution is 2.24. The molecule has 33 heavy (non-hydrogen) atoms. The first kappa shape index (κ1) is 24.9. The lowest BCUT2D eigenvalue weighted by Crippen LogP contribution is -2.47. The Hall–Kier alpha value is -2.70. The summed E-state index contributed by atoms with van der Waals surface area (Å²) in [5.74, 6) is -0.639. The second kappa shape index (κ2) is 10.5. The molecule has 5 nitrogen and oxygen atoms in total. The van der Waals surface area contributed by atoms with Gasteiger partial charge in [0.2, 0.25) is 5.91 Å². The van der Waals surface area contributed by atoms with Gasteiger partial charge in [-0.3, -0.25) is 9.59 Å². The van der Waals surface area contributed by atoms with Gasteiger partial charge in [0.05, 0.1) is 0 Å². The summed E-state index contributed by atoms with van der Waals surface area (Å²) < 4.78 is 0. The maximum atomic E-state index is 12.9. The molecule has 1 atom stereocenters. The highest BCUT2D eigenvalue weighted by atomic mass is 35.5. The number of nitrogens with zero attached hydrogens (tertiary/aromatic N) is 1. The van der Waals surface area contributed by atoms with Crippen molar-refractivity contribution in [3.8, 4) is 0 Å². The number of thiazole rings is 1. The van der Waals surface area contributed by atoms with E-state index in [1.54, 1.807) is 18.3 Å². The van der Waals surface area contributed by atoms with Gasteiger partial charge in [0.15, 0.2) is 5.13 Å². The van der Waals surface area contributed by atoms with Gasteiger partial charge in [0.1, 0.15) is 6.04 Å². The smallest absolute Gasteiger partial charge is 0.251 e. The summed E-state index contributed by atoms with van der Waals surface area (Å²) in [4.78, 5) is 31.1. The number of hydrogen-bond donors (Lipinski definition) is 2. The SMILES string of the molecule is CC(C)[C@H](NC(=O)c1ccc(C(C)(C)C)cc1)C(=O)Nc1ncc(Cc2ccc(Cl)cc2)s1. The molecular weight excluding hydrogens is 454 g/mol. The minimum atomic E-state index is -0.677. The number of carbonyl (C=O) groups excluding carboxylic acids is 2. The van der Waals surface area contributed by atoms with Gasteiger partial charge in [-0.25, -0.2) is 4.98 Å². The number of nitrogens with one attached hydrogen (secondary N) is 2. The molecule has 3 rings (SSSR count). The third kappa shape index (κ3) is 6.89. The van der Waals surface area contributed by atoms with E-state index in [9.17, 15) is 9.59 Å². The average Bonchev–Trinajstić information content (AvgIpc) is 3.19. The Kier molecular flexibility index (Phi) is 7.92. The van der Waals surface area contributed by atoms with Crippen molar-refractivity contribution in [1.29, 1.82) is 0 Å². The molecular formula is C26H30ClN3O2S. The highest BCUT2D eigenvalue weighted by molar-refractivity contribution is 7.15. The Balaban J connectivity index is 1.63. The van der Waals surface area contributed by atoms with Crippen LogP contribution in [0.5, 0.6) is 0 Å². The fourth-order valence-electron chi connectivity index (χ4n) is 3.31. The first-order valence-corrected chi connectivity index (χ1v) is 12.1. The number of aromatic nitrogens is 1. The van der Waals surface area contributed by atoms with Crippen LogP contribution in [0, 0.1) is 5.92 Å². The predicted molar refractivity (Wildman–Crippen MR) is 136 cm³/mol. The molecule has 0 spiro atoms. The number of anilines is 1. The van der Waals surface area contributed by atoms with Crippen LogP contribution < -0.4 is 10.6 Å². The van der Waals surface area contributed by atoms with Crippen LogP contribution in [0.3, 0.4) is 0 Å². The monoisotopic (exact) mass is 483 g/mol.